The Balaban J connectivity index is 2.24. The largest absolute Gasteiger partial charge is 0.341 e. The number of halogens is 1. The first-order chi connectivity index (χ1) is 6.79. The van der Waals surface area contributed by atoms with Gasteiger partial charge in [-0.2, -0.15) is 0 Å². The Kier molecular flexibility index (Phi) is 3.00. The fourth-order valence-electron chi connectivity index (χ4n) is 1.21. The molecule has 0 bridgehead atoms. The molecule has 0 amide bonds. The van der Waals surface area contributed by atoms with E-state index in [2.05, 4.69) is 37.3 Å². The van der Waals surface area contributed by atoms with Crippen molar-refractivity contribution in [1.82, 2.24) is 9.97 Å². The topological polar surface area (TPSA) is 54.7 Å². The number of imidazole rings is 1. The summed E-state index contributed by atoms with van der Waals surface area (Å²) in [6.07, 6.45) is 2.65. The maximum Gasteiger partial charge on any atom is 0.107 e. The fourth-order valence-corrected chi connectivity index (χ4v) is 2.60. The second kappa shape index (κ2) is 4.25. The molecular weight excluding hydrogens is 262 g/mol. The molecule has 0 fully saturated rings. The van der Waals surface area contributed by atoms with E-state index < -0.39 is 0 Å². The Labute approximate surface area is 94.5 Å². The van der Waals surface area contributed by atoms with Crippen molar-refractivity contribution < 1.29 is 0 Å². The zero-order valence-electron chi connectivity index (χ0n) is 7.46. The quantitative estimate of drug-likeness (QED) is 0.901. The summed E-state index contributed by atoms with van der Waals surface area (Å²) in [5.74, 6) is 0.951. The van der Waals surface area contributed by atoms with Crippen LogP contribution in [0.1, 0.15) is 5.82 Å². The Morgan fingerprint density at radius 2 is 2.43 bits per heavy atom. The molecule has 0 spiro atoms. The van der Waals surface area contributed by atoms with Crippen LogP contribution in [0.15, 0.2) is 22.1 Å². The summed E-state index contributed by atoms with van der Waals surface area (Å²) in [6, 6.07) is 2.07. The molecule has 2 heterocycles. The highest BCUT2D eigenvalue weighted by Crippen LogP contribution is 2.28. The first-order valence-electron chi connectivity index (χ1n) is 4.28. The van der Waals surface area contributed by atoms with E-state index in [-0.39, 0.29) is 0 Å². The maximum atomic E-state index is 5.45. The van der Waals surface area contributed by atoms with Gasteiger partial charge in [-0.05, 0) is 28.5 Å². The lowest BCUT2D eigenvalue weighted by Gasteiger charge is -1.91. The van der Waals surface area contributed by atoms with Crippen molar-refractivity contribution in [3.05, 3.63) is 27.9 Å². The lowest BCUT2D eigenvalue weighted by Crippen LogP contribution is -2.03. The summed E-state index contributed by atoms with van der Waals surface area (Å²) in [4.78, 5) is 8.68. The van der Waals surface area contributed by atoms with Gasteiger partial charge in [-0.15, -0.1) is 11.3 Å². The molecular formula is C9H10BrN3S. The average Bonchev–Trinajstić information content (AvgIpc) is 2.74. The van der Waals surface area contributed by atoms with Gasteiger partial charge in [-0.25, -0.2) is 4.98 Å². The molecule has 0 unspecified atom stereocenters. The van der Waals surface area contributed by atoms with Crippen LogP contribution in [0.3, 0.4) is 0 Å². The van der Waals surface area contributed by atoms with Crippen molar-refractivity contribution in [2.24, 2.45) is 5.73 Å². The Morgan fingerprint density at radius 1 is 1.57 bits per heavy atom. The second-order valence-corrected chi connectivity index (χ2v) is 4.74. The van der Waals surface area contributed by atoms with Crippen LogP contribution in [-0.4, -0.2) is 16.5 Å². The summed E-state index contributed by atoms with van der Waals surface area (Å²) in [7, 11) is 0. The van der Waals surface area contributed by atoms with Crippen LogP contribution in [0.2, 0.25) is 0 Å². The molecule has 0 aliphatic carbocycles. The van der Waals surface area contributed by atoms with Gasteiger partial charge in [0, 0.05) is 16.3 Å². The van der Waals surface area contributed by atoms with Gasteiger partial charge < -0.3 is 10.7 Å². The Hall–Kier alpha value is -0.650. The van der Waals surface area contributed by atoms with E-state index in [4.69, 9.17) is 5.73 Å². The lowest BCUT2D eigenvalue weighted by molar-refractivity contribution is 0.895. The van der Waals surface area contributed by atoms with Crippen molar-refractivity contribution in [3.8, 4) is 10.6 Å². The molecule has 74 valence electrons. The summed E-state index contributed by atoms with van der Waals surface area (Å²) in [6.45, 7) is 0.626. The first-order valence-corrected chi connectivity index (χ1v) is 5.95. The summed E-state index contributed by atoms with van der Waals surface area (Å²) in [5, 5.41) is 2.05. The van der Waals surface area contributed by atoms with Crippen LogP contribution >= 0.6 is 27.3 Å². The molecule has 3 nitrogen and oxygen atoms in total. The molecule has 2 aromatic heterocycles. The summed E-state index contributed by atoms with van der Waals surface area (Å²) in [5.41, 5.74) is 6.51. The zero-order chi connectivity index (χ0) is 9.97. The van der Waals surface area contributed by atoms with Gasteiger partial charge in [-0.1, -0.05) is 0 Å². The summed E-state index contributed by atoms with van der Waals surface area (Å²) < 4.78 is 1.10. The molecule has 0 atom stereocenters. The van der Waals surface area contributed by atoms with E-state index in [9.17, 15) is 0 Å². The van der Waals surface area contributed by atoms with Crippen LogP contribution in [0.25, 0.3) is 10.6 Å². The average molecular weight is 272 g/mol. The van der Waals surface area contributed by atoms with Crippen molar-refractivity contribution in [2.45, 2.75) is 6.42 Å². The monoisotopic (exact) mass is 271 g/mol. The minimum atomic E-state index is 0.626. The SMILES string of the molecule is NCCc1ncc(-c2cc(Br)cs2)[nH]1. The minimum Gasteiger partial charge on any atom is -0.341 e. The standard InChI is InChI=1S/C9H10BrN3S/c10-6-3-8(14-5-6)7-4-12-9(13-7)1-2-11/h3-5H,1-2,11H2,(H,12,13). The van der Waals surface area contributed by atoms with Crippen molar-refractivity contribution in [2.75, 3.05) is 6.54 Å². The van der Waals surface area contributed by atoms with Crippen molar-refractivity contribution in [3.63, 3.8) is 0 Å². The minimum absolute atomic E-state index is 0.626. The highest BCUT2D eigenvalue weighted by Gasteiger charge is 2.04. The van der Waals surface area contributed by atoms with Gasteiger partial charge in [-0.3, -0.25) is 0 Å². The molecule has 0 aliphatic heterocycles. The smallest absolute Gasteiger partial charge is 0.107 e. The molecule has 0 saturated heterocycles. The van der Waals surface area contributed by atoms with Gasteiger partial charge in [0.2, 0.25) is 0 Å². The lowest BCUT2D eigenvalue weighted by atomic mass is 10.4. The van der Waals surface area contributed by atoms with Gasteiger partial charge in [0.15, 0.2) is 0 Å². The predicted molar refractivity (Wildman–Crippen MR) is 62.4 cm³/mol. The van der Waals surface area contributed by atoms with E-state index in [1.807, 2.05) is 6.20 Å². The number of nitrogens with zero attached hydrogens (tertiary/aromatic N) is 1. The molecule has 0 aromatic carbocycles. The highest BCUT2D eigenvalue weighted by molar-refractivity contribution is 9.10. The third kappa shape index (κ3) is 2.05. The van der Waals surface area contributed by atoms with Crippen molar-refractivity contribution in [1.29, 1.82) is 0 Å². The summed E-state index contributed by atoms with van der Waals surface area (Å²) >= 11 is 5.11. The normalized spacial score (nSPS) is 10.7. The molecule has 14 heavy (non-hydrogen) atoms. The van der Waals surface area contributed by atoms with Crippen LogP contribution in [0.5, 0.6) is 0 Å². The molecule has 0 aliphatic rings. The highest BCUT2D eigenvalue weighted by atomic mass is 79.9. The number of hydrogen-bond donors (Lipinski definition) is 2. The first kappa shape index (κ1) is 9.89. The number of nitrogens with one attached hydrogen (secondary N) is 1. The van der Waals surface area contributed by atoms with E-state index in [1.54, 1.807) is 11.3 Å². The molecule has 0 saturated carbocycles. The molecule has 3 N–H and O–H groups in total. The number of aromatic amines is 1. The second-order valence-electron chi connectivity index (χ2n) is 2.91. The van der Waals surface area contributed by atoms with Gasteiger partial charge >= 0.3 is 0 Å². The van der Waals surface area contributed by atoms with Crippen LogP contribution in [-0.2, 0) is 6.42 Å². The number of aromatic nitrogens is 2. The Bertz CT molecular complexity index is 421. The molecule has 2 aromatic rings. The van der Waals surface area contributed by atoms with Crippen LogP contribution in [0.4, 0.5) is 0 Å². The maximum absolute atomic E-state index is 5.45. The van der Waals surface area contributed by atoms with E-state index >= 15 is 0 Å². The van der Waals surface area contributed by atoms with E-state index in [0.29, 0.717) is 6.54 Å². The van der Waals surface area contributed by atoms with E-state index in [1.165, 1.54) is 4.88 Å². The van der Waals surface area contributed by atoms with Crippen LogP contribution < -0.4 is 5.73 Å². The third-order valence-electron chi connectivity index (χ3n) is 1.84. The number of thiophene rings is 1. The van der Waals surface area contributed by atoms with Crippen LogP contribution in [0, 0.1) is 0 Å². The molecule has 2 rings (SSSR count). The van der Waals surface area contributed by atoms with Gasteiger partial charge in [0.05, 0.1) is 16.8 Å². The zero-order valence-corrected chi connectivity index (χ0v) is 9.86. The number of nitrogens with two attached hydrogens (primary N) is 1. The number of hydrogen-bond acceptors (Lipinski definition) is 3. The van der Waals surface area contributed by atoms with Crippen molar-refractivity contribution >= 4 is 27.3 Å². The van der Waals surface area contributed by atoms with Gasteiger partial charge in [0.25, 0.3) is 0 Å². The fraction of sp³-hybridized carbons (Fsp3) is 0.222. The molecule has 5 heteroatoms. The Morgan fingerprint density at radius 3 is 3.07 bits per heavy atom. The van der Waals surface area contributed by atoms with Gasteiger partial charge in [0.1, 0.15) is 5.82 Å². The molecule has 0 radical (unpaired) electrons. The number of rotatable bonds is 3. The predicted octanol–water partition coefficient (Wildman–Crippen LogP) is 2.40. The third-order valence-corrected chi connectivity index (χ3v) is 3.57. The number of H-pyrrole nitrogens is 1. The van der Waals surface area contributed by atoms with E-state index in [0.717, 1.165) is 22.4 Å².